The lowest BCUT2D eigenvalue weighted by Gasteiger charge is -2.11. The van der Waals surface area contributed by atoms with Crippen molar-refractivity contribution in [2.24, 2.45) is 0 Å². The molecule has 0 saturated carbocycles. The van der Waals surface area contributed by atoms with Gasteiger partial charge in [0, 0.05) is 12.6 Å². The third-order valence-corrected chi connectivity index (χ3v) is 5.22. The van der Waals surface area contributed by atoms with Gasteiger partial charge in [-0.05, 0) is 54.5 Å². The van der Waals surface area contributed by atoms with Crippen LogP contribution in [0.2, 0.25) is 0 Å². The van der Waals surface area contributed by atoms with Crippen LogP contribution in [0.25, 0.3) is 0 Å². The molecular weight excluding hydrogens is 386 g/mol. The highest BCUT2D eigenvalue weighted by molar-refractivity contribution is 7.90. The summed E-state index contributed by atoms with van der Waals surface area (Å²) in [5, 5.41) is 5.49. The normalized spacial score (nSPS) is 10.7. The van der Waals surface area contributed by atoms with E-state index < -0.39 is 15.9 Å². The lowest BCUT2D eigenvalue weighted by molar-refractivity contribution is -0.119. The van der Waals surface area contributed by atoms with E-state index in [0.717, 1.165) is 18.1 Å². The zero-order valence-corrected chi connectivity index (χ0v) is 16.4. The molecule has 27 heavy (non-hydrogen) atoms. The molecule has 0 heterocycles. The predicted molar refractivity (Wildman–Crippen MR) is 107 cm³/mol. The number of sulfonamides is 1. The molecule has 2 rings (SSSR count). The number of amides is 2. The Morgan fingerprint density at radius 1 is 1.04 bits per heavy atom. The molecule has 0 aliphatic carbocycles. The van der Waals surface area contributed by atoms with Crippen molar-refractivity contribution in [2.45, 2.75) is 25.2 Å². The van der Waals surface area contributed by atoms with Gasteiger partial charge in [0.05, 0.1) is 11.3 Å². The first-order valence-electron chi connectivity index (χ1n) is 7.96. The van der Waals surface area contributed by atoms with Gasteiger partial charge < -0.3 is 10.6 Å². The Kier molecular flexibility index (Phi) is 6.65. The molecule has 0 aromatic heterocycles. The van der Waals surface area contributed by atoms with Crippen molar-refractivity contribution in [1.82, 2.24) is 10.0 Å². The van der Waals surface area contributed by atoms with Crippen LogP contribution in [-0.4, -0.2) is 25.3 Å². The highest BCUT2D eigenvalue weighted by Crippen LogP contribution is 2.14. The van der Waals surface area contributed by atoms with Crippen LogP contribution in [0, 0.1) is 6.92 Å². The van der Waals surface area contributed by atoms with E-state index in [0.29, 0.717) is 5.69 Å². The van der Waals surface area contributed by atoms with E-state index in [4.69, 9.17) is 12.2 Å². The first-order valence-corrected chi connectivity index (χ1v) is 9.85. The first kappa shape index (κ1) is 20.5. The number of rotatable bonds is 5. The molecule has 0 aliphatic heterocycles. The molecule has 0 saturated heterocycles. The number of hydrogen-bond acceptors (Lipinski definition) is 5. The summed E-state index contributed by atoms with van der Waals surface area (Å²) < 4.78 is 25.7. The number of hydrogen-bond donors (Lipinski definition) is 3. The van der Waals surface area contributed by atoms with E-state index in [1.807, 2.05) is 35.9 Å². The number of carbonyl (C=O) groups excluding carboxylic acids is 2. The number of nitrogens with one attached hydrogen (secondary N) is 3. The fourth-order valence-corrected chi connectivity index (χ4v) is 3.50. The van der Waals surface area contributed by atoms with Crippen molar-refractivity contribution >= 4 is 44.9 Å². The van der Waals surface area contributed by atoms with Crippen molar-refractivity contribution in [1.29, 1.82) is 0 Å². The topological polar surface area (TPSA) is 104 Å². The number of aryl methyl sites for hydroxylation is 1. The van der Waals surface area contributed by atoms with Crippen molar-refractivity contribution in [3.05, 3.63) is 59.7 Å². The maximum absolute atomic E-state index is 12.1. The van der Waals surface area contributed by atoms with Crippen LogP contribution >= 0.6 is 12.2 Å². The summed E-state index contributed by atoms with van der Waals surface area (Å²) in [7, 11) is -3.89. The van der Waals surface area contributed by atoms with Gasteiger partial charge in [-0.3, -0.25) is 9.59 Å². The van der Waals surface area contributed by atoms with Gasteiger partial charge in [0.2, 0.25) is 11.8 Å². The SMILES string of the molecule is CC(=O)NS(=O)(=O)c1ccc(NC(=S)NC(=O)Cc2ccccc2C)cc1. The highest BCUT2D eigenvalue weighted by atomic mass is 32.2. The number of anilines is 1. The molecule has 0 radical (unpaired) electrons. The van der Waals surface area contributed by atoms with Gasteiger partial charge in [-0.15, -0.1) is 0 Å². The molecule has 0 atom stereocenters. The van der Waals surface area contributed by atoms with Gasteiger partial charge in [0.15, 0.2) is 5.11 Å². The van der Waals surface area contributed by atoms with Gasteiger partial charge in [-0.2, -0.15) is 0 Å². The summed E-state index contributed by atoms with van der Waals surface area (Å²) in [5.74, 6) is -0.929. The molecule has 0 spiro atoms. The van der Waals surface area contributed by atoms with Crippen LogP contribution in [0.3, 0.4) is 0 Å². The van der Waals surface area contributed by atoms with E-state index in [-0.39, 0.29) is 22.3 Å². The largest absolute Gasteiger partial charge is 0.332 e. The van der Waals surface area contributed by atoms with Crippen molar-refractivity contribution in [2.75, 3.05) is 5.32 Å². The second-order valence-corrected chi connectivity index (χ2v) is 7.88. The Bertz CT molecular complexity index is 970. The minimum atomic E-state index is -3.89. The summed E-state index contributed by atoms with van der Waals surface area (Å²) in [4.78, 5) is 23.0. The molecule has 0 unspecified atom stereocenters. The van der Waals surface area contributed by atoms with E-state index >= 15 is 0 Å². The smallest absolute Gasteiger partial charge is 0.264 e. The molecule has 2 aromatic rings. The van der Waals surface area contributed by atoms with Crippen molar-refractivity contribution in [3.63, 3.8) is 0 Å². The summed E-state index contributed by atoms with van der Waals surface area (Å²) in [6, 6.07) is 13.2. The Morgan fingerprint density at radius 3 is 2.26 bits per heavy atom. The average Bonchev–Trinajstić information content (AvgIpc) is 2.56. The first-order chi connectivity index (χ1) is 12.7. The Hall–Kier alpha value is -2.78. The Morgan fingerprint density at radius 2 is 1.67 bits per heavy atom. The molecule has 0 fully saturated rings. The lowest BCUT2D eigenvalue weighted by Crippen LogP contribution is -2.35. The van der Waals surface area contributed by atoms with Crippen LogP contribution in [-0.2, 0) is 26.0 Å². The molecule has 2 amide bonds. The quantitative estimate of drug-likeness (QED) is 0.656. The Balaban J connectivity index is 1.95. The van der Waals surface area contributed by atoms with Crippen LogP contribution in [0.4, 0.5) is 5.69 Å². The summed E-state index contributed by atoms with van der Waals surface area (Å²) in [5.41, 5.74) is 2.42. The fourth-order valence-electron chi connectivity index (χ4n) is 2.28. The number of carbonyl (C=O) groups is 2. The summed E-state index contributed by atoms with van der Waals surface area (Å²) in [6.45, 7) is 3.04. The van der Waals surface area contributed by atoms with Crippen molar-refractivity contribution in [3.8, 4) is 0 Å². The van der Waals surface area contributed by atoms with Crippen molar-refractivity contribution < 1.29 is 18.0 Å². The van der Waals surface area contributed by atoms with E-state index in [1.165, 1.54) is 24.3 Å². The number of thiocarbonyl (C=S) groups is 1. The molecular formula is C18H19N3O4S2. The monoisotopic (exact) mass is 405 g/mol. The molecule has 3 N–H and O–H groups in total. The van der Waals surface area contributed by atoms with Gasteiger partial charge >= 0.3 is 0 Å². The molecule has 0 aliphatic rings. The Labute approximate surface area is 163 Å². The second kappa shape index (κ2) is 8.74. The van der Waals surface area contributed by atoms with E-state index in [2.05, 4.69) is 10.6 Å². The minimum absolute atomic E-state index is 0.0576. The molecule has 0 bridgehead atoms. The van der Waals surface area contributed by atoms with Crippen LogP contribution in [0.5, 0.6) is 0 Å². The van der Waals surface area contributed by atoms with Gasteiger partial charge in [-0.25, -0.2) is 13.1 Å². The third kappa shape index (κ3) is 6.15. The van der Waals surface area contributed by atoms with Crippen LogP contribution in [0.15, 0.2) is 53.4 Å². The van der Waals surface area contributed by atoms with E-state index in [9.17, 15) is 18.0 Å². The number of benzene rings is 2. The van der Waals surface area contributed by atoms with Gasteiger partial charge in [0.25, 0.3) is 10.0 Å². The summed E-state index contributed by atoms with van der Waals surface area (Å²) >= 11 is 5.11. The molecule has 9 heteroatoms. The standard InChI is InChI=1S/C18H19N3O4S2/c1-12-5-3-4-6-14(12)11-17(23)20-18(26)19-15-7-9-16(10-8-15)27(24,25)21-13(2)22/h3-10H,11H2,1-2H3,(H,21,22)(H2,19,20,23,26). The molecule has 142 valence electrons. The van der Waals surface area contributed by atoms with Crippen LogP contribution < -0.4 is 15.4 Å². The predicted octanol–water partition coefficient (Wildman–Crippen LogP) is 1.88. The average molecular weight is 406 g/mol. The van der Waals surface area contributed by atoms with Gasteiger partial charge in [-0.1, -0.05) is 24.3 Å². The zero-order chi connectivity index (χ0) is 20.0. The lowest BCUT2D eigenvalue weighted by atomic mass is 10.1. The third-order valence-electron chi connectivity index (χ3n) is 3.57. The molecule has 7 nitrogen and oxygen atoms in total. The van der Waals surface area contributed by atoms with Gasteiger partial charge in [0.1, 0.15) is 0 Å². The molecule has 2 aromatic carbocycles. The fraction of sp³-hybridized carbons (Fsp3) is 0.167. The maximum atomic E-state index is 12.1. The summed E-state index contributed by atoms with van der Waals surface area (Å²) in [6.07, 6.45) is 0.197. The highest BCUT2D eigenvalue weighted by Gasteiger charge is 2.15. The minimum Gasteiger partial charge on any atom is -0.332 e. The van der Waals surface area contributed by atoms with Crippen LogP contribution in [0.1, 0.15) is 18.1 Å². The maximum Gasteiger partial charge on any atom is 0.264 e. The zero-order valence-electron chi connectivity index (χ0n) is 14.8. The second-order valence-electron chi connectivity index (χ2n) is 5.79. The van der Waals surface area contributed by atoms with E-state index in [1.54, 1.807) is 0 Å².